The van der Waals surface area contributed by atoms with Crippen molar-refractivity contribution in [3.8, 4) is 0 Å². The van der Waals surface area contributed by atoms with Crippen molar-refractivity contribution < 1.29 is 14.3 Å². The Kier molecular flexibility index (Phi) is 5.73. The fraction of sp³-hybridized carbons (Fsp3) is 0.800. The van der Waals surface area contributed by atoms with E-state index in [1.54, 1.807) is 13.4 Å². The maximum atomic E-state index is 12.7. The highest BCUT2D eigenvalue weighted by atomic mass is 16.5. The fourth-order valence-electron chi connectivity index (χ4n) is 3.10. The summed E-state index contributed by atoms with van der Waals surface area (Å²) in [4.78, 5) is 12.7. The zero-order valence-corrected chi connectivity index (χ0v) is 13.0. The van der Waals surface area contributed by atoms with Crippen LogP contribution in [0.2, 0.25) is 0 Å². The van der Waals surface area contributed by atoms with E-state index in [4.69, 9.17) is 9.47 Å². The predicted octanol–water partition coefficient (Wildman–Crippen LogP) is 2.08. The Morgan fingerprint density at radius 1 is 1.33 bits per heavy atom. The molecule has 2 rings (SSSR count). The molecule has 1 heterocycles. The summed E-state index contributed by atoms with van der Waals surface area (Å²) in [7, 11) is 1.66. The van der Waals surface area contributed by atoms with Crippen molar-refractivity contribution in [3.63, 3.8) is 0 Å². The number of esters is 1. The van der Waals surface area contributed by atoms with Crippen molar-refractivity contribution in [1.29, 1.82) is 0 Å². The molecule has 0 radical (unpaired) electrons. The van der Waals surface area contributed by atoms with Gasteiger partial charge in [0.15, 0.2) is 0 Å². The zero-order chi connectivity index (χ0) is 15.1. The Morgan fingerprint density at radius 3 is 2.67 bits per heavy atom. The summed E-state index contributed by atoms with van der Waals surface area (Å²) in [5, 5.41) is 8.28. The van der Waals surface area contributed by atoms with Crippen molar-refractivity contribution in [1.82, 2.24) is 14.8 Å². The van der Waals surface area contributed by atoms with Crippen molar-refractivity contribution >= 4 is 5.97 Å². The fourth-order valence-corrected chi connectivity index (χ4v) is 3.10. The van der Waals surface area contributed by atoms with Crippen LogP contribution in [0.25, 0.3) is 0 Å². The summed E-state index contributed by atoms with van der Waals surface area (Å²) in [6.07, 6.45) is 7.63. The molecule has 0 saturated heterocycles. The van der Waals surface area contributed by atoms with Gasteiger partial charge in [-0.15, -0.1) is 10.2 Å². The predicted molar refractivity (Wildman–Crippen MR) is 77.9 cm³/mol. The summed E-state index contributed by atoms with van der Waals surface area (Å²) in [5.74, 6) is 0.582. The molecule has 0 spiro atoms. The van der Waals surface area contributed by atoms with Crippen LogP contribution in [0, 0.1) is 0 Å². The first-order valence-electron chi connectivity index (χ1n) is 7.79. The van der Waals surface area contributed by atoms with Crippen LogP contribution >= 0.6 is 0 Å². The van der Waals surface area contributed by atoms with Crippen LogP contribution in [0.1, 0.15) is 51.3 Å². The number of aromatic nitrogens is 3. The lowest BCUT2D eigenvalue weighted by Gasteiger charge is -2.29. The molecule has 1 aliphatic rings. The minimum Gasteiger partial charge on any atom is -0.465 e. The summed E-state index contributed by atoms with van der Waals surface area (Å²) < 4.78 is 12.4. The van der Waals surface area contributed by atoms with Crippen molar-refractivity contribution in [2.75, 3.05) is 20.3 Å². The molecule has 0 aromatic carbocycles. The van der Waals surface area contributed by atoms with Crippen LogP contribution in [0.4, 0.5) is 0 Å². The van der Waals surface area contributed by atoms with Gasteiger partial charge in [0.25, 0.3) is 0 Å². The van der Waals surface area contributed by atoms with E-state index < -0.39 is 5.41 Å². The lowest BCUT2D eigenvalue weighted by molar-refractivity contribution is -0.151. The van der Waals surface area contributed by atoms with Gasteiger partial charge in [0.1, 0.15) is 17.6 Å². The van der Waals surface area contributed by atoms with Gasteiger partial charge in [-0.05, 0) is 19.8 Å². The van der Waals surface area contributed by atoms with Gasteiger partial charge in [-0.25, -0.2) is 0 Å². The maximum Gasteiger partial charge on any atom is 0.319 e. The van der Waals surface area contributed by atoms with Gasteiger partial charge in [-0.1, -0.05) is 25.7 Å². The molecule has 1 aromatic heterocycles. The van der Waals surface area contributed by atoms with E-state index in [0.29, 0.717) is 19.8 Å². The van der Waals surface area contributed by atoms with Crippen LogP contribution < -0.4 is 0 Å². The highest BCUT2D eigenvalue weighted by molar-refractivity contribution is 5.82. The third-order valence-electron chi connectivity index (χ3n) is 4.20. The molecule has 21 heavy (non-hydrogen) atoms. The topological polar surface area (TPSA) is 66.2 Å². The van der Waals surface area contributed by atoms with Crippen LogP contribution in [0.5, 0.6) is 0 Å². The zero-order valence-electron chi connectivity index (χ0n) is 13.0. The van der Waals surface area contributed by atoms with Gasteiger partial charge in [0.2, 0.25) is 0 Å². The first kappa shape index (κ1) is 15.9. The molecule has 0 amide bonds. The van der Waals surface area contributed by atoms with E-state index in [1.165, 1.54) is 0 Å². The minimum atomic E-state index is -0.642. The van der Waals surface area contributed by atoms with Gasteiger partial charge in [0.05, 0.1) is 13.2 Å². The molecule has 1 fully saturated rings. The van der Waals surface area contributed by atoms with E-state index in [-0.39, 0.29) is 5.97 Å². The summed E-state index contributed by atoms with van der Waals surface area (Å²) >= 11 is 0. The third-order valence-corrected chi connectivity index (χ3v) is 4.20. The number of carbonyl (C=O) groups excluding carboxylic acids is 1. The Balaban J connectivity index is 2.34. The quantitative estimate of drug-likeness (QED) is 0.594. The third kappa shape index (κ3) is 3.43. The Labute approximate surface area is 125 Å². The average molecular weight is 295 g/mol. The second kappa shape index (κ2) is 7.54. The highest BCUT2D eigenvalue weighted by Gasteiger charge is 2.45. The first-order valence-corrected chi connectivity index (χ1v) is 7.79. The number of nitrogens with zero attached hydrogens (tertiary/aromatic N) is 3. The van der Waals surface area contributed by atoms with Crippen molar-refractivity contribution in [3.05, 3.63) is 12.2 Å². The second-order valence-corrected chi connectivity index (χ2v) is 5.56. The summed E-state index contributed by atoms with van der Waals surface area (Å²) in [5.41, 5.74) is -0.642. The van der Waals surface area contributed by atoms with Crippen molar-refractivity contribution in [2.24, 2.45) is 0 Å². The van der Waals surface area contributed by atoms with Gasteiger partial charge >= 0.3 is 5.97 Å². The van der Waals surface area contributed by atoms with Crippen LogP contribution in [-0.2, 0) is 26.2 Å². The average Bonchev–Trinajstić information content (AvgIpc) is 2.81. The molecule has 0 atom stereocenters. The molecule has 6 heteroatoms. The van der Waals surface area contributed by atoms with Gasteiger partial charge < -0.3 is 14.0 Å². The second-order valence-electron chi connectivity index (χ2n) is 5.56. The Morgan fingerprint density at radius 2 is 2.05 bits per heavy atom. The minimum absolute atomic E-state index is 0.154. The number of ether oxygens (including phenoxy) is 2. The molecule has 6 nitrogen and oxygen atoms in total. The monoisotopic (exact) mass is 295 g/mol. The summed E-state index contributed by atoms with van der Waals surface area (Å²) in [6, 6.07) is 0. The van der Waals surface area contributed by atoms with Crippen LogP contribution in [0.3, 0.4) is 0 Å². The molecule has 1 saturated carbocycles. The van der Waals surface area contributed by atoms with Gasteiger partial charge in [-0.2, -0.15) is 0 Å². The first-order chi connectivity index (χ1) is 10.2. The summed E-state index contributed by atoms with van der Waals surface area (Å²) in [6.45, 7) is 3.47. The molecule has 0 bridgehead atoms. The number of rotatable bonds is 6. The largest absolute Gasteiger partial charge is 0.465 e. The number of carbonyl (C=O) groups is 1. The van der Waals surface area contributed by atoms with Crippen LogP contribution in [-0.4, -0.2) is 41.1 Å². The maximum absolute atomic E-state index is 12.7. The van der Waals surface area contributed by atoms with E-state index in [9.17, 15) is 4.79 Å². The molecule has 118 valence electrons. The SMILES string of the molecule is CCOC(=O)C1(c2nncn2CCOC)CCCCCC1. The Hall–Kier alpha value is -1.43. The van der Waals surface area contributed by atoms with Crippen molar-refractivity contribution in [2.45, 2.75) is 57.4 Å². The molecular weight excluding hydrogens is 270 g/mol. The molecule has 1 aliphatic carbocycles. The lowest BCUT2D eigenvalue weighted by atomic mass is 9.79. The van der Waals surface area contributed by atoms with Gasteiger partial charge in [0, 0.05) is 13.7 Å². The molecule has 0 unspecified atom stereocenters. The smallest absolute Gasteiger partial charge is 0.319 e. The van der Waals surface area contributed by atoms with E-state index >= 15 is 0 Å². The number of hydrogen-bond donors (Lipinski definition) is 0. The normalized spacial score (nSPS) is 18.2. The molecule has 0 aliphatic heterocycles. The van der Waals surface area contributed by atoms with E-state index in [2.05, 4.69) is 10.2 Å². The number of methoxy groups -OCH3 is 1. The number of hydrogen-bond acceptors (Lipinski definition) is 5. The standard InChI is InChI=1S/C15H25N3O3/c1-3-21-14(19)15(8-6-4-5-7-9-15)13-17-16-12-18(13)10-11-20-2/h12H,3-11H2,1-2H3. The Bertz CT molecular complexity index is 451. The highest BCUT2D eigenvalue weighted by Crippen LogP contribution is 2.38. The van der Waals surface area contributed by atoms with E-state index in [0.717, 1.165) is 44.3 Å². The van der Waals surface area contributed by atoms with E-state index in [1.807, 2.05) is 11.5 Å². The molecule has 0 N–H and O–H groups in total. The van der Waals surface area contributed by atoms with Gasteiger partial charge in [-0.3, -0.25) is 4.79 Å². The van der Waals surface area contributed by atoms with Crippen LogP contribution in [0.15, 0.2) is 6.33 Å². The molecular formula is C15H25N3O3. The molecule has 1 aromatic rings. The lowest BCUT2D eigenvalue weighted by Crippen LogP contribution is -2.40.